The molecule has 1 aliphatic carbocycles. The van der Waals surface area contributed by atoms with Gasteiger partial charge < -0.3 is 4.52 Å². The molecule has 0 N–H and O–H groups in total. The third-order valence-corrected chi connectivity index (χ3v) is 5.58. The van der Waals surface area contributed by atoms with Crippen molar-refractivity contribution in [1.82, 2.24) is 19.9 Å². The zero-order valence-electron chi connectivity index (χ0n) is 14.6. The summed E-state index contributed by atoms with van der Waals surface area (Å²) in [6, 6.07) is 9.79. The molecule has 2 aliphatic rings. The van der Waals surface area contributed by atoms with Crippen molar-refractivity contribution in [2.75, 3.05) is 26.2 Å². The van der Waals surface area contributed by atoms with Crippen molar-refractivity contribution >= 4 is 0 Å². The molecule has 5 nitrogen and oxygen atoms in total. The molecule has 0 unspecified atom stereocenters. The molecule has 1 fully saturated rings. The first-order chi connectivity index (χ1) is 11.7. The standard InChI is InChI=1S/C19H26N4O/c1-14(19-20-15(2)21-24-19)22-10-12-23(13-11-22)18-9-5-7-16-6-3-4-8-17(16)18/h3-4,6,8,14,18H,5,7,9-13H2,1-2H3/t14-,18-/m0/s1. The Morgan fingerprint density at radius 1 is 1.17 bits per heavy atom. The van der Waals surface area contributed by atoms with Crippen molar-refractivity contribution in [2.24, 2.45) is 0 Å². The average Bonchev–Trinajstić information content (AvgIpc) is 3.07. The predicted molar refractivity (Wildman–Crippen MR) is 92.7 cm³/mol. The summed E-state index contributed by atoms with van der Waals surface area (Å²) in [4.78, 5) is 9.51. The molecule has 2 heterocycles. The quantitative estimate of drug-likeness (QED) is 0.867. The van der Waals surface area contributed by atoms with E-state index in [0.717, 1.165) is 32.1 Å². The van der Waals surface area contributed by atoms with E-state index in [1.54, 1.807) is 11.1 Å². The molecule has 2 atom stereocenters. The zero-order chi connectivity index (χ0) is 16.5. The fraction of sp³-hybridized carbons (Fsp3) is 0.579. The highest BCUT2D eigenvalue weighted by atomic mass is 16.5. The molecule has 4 rings (SSSR count). The fourth-order valence-corrected chi connectivity index (χ4v) is 4.18. The molecule has 0 bridgehead atoms. The van der Waals surface area contributed by atoms with E-state index < -0.39 is 0 Å². The monoisotopic (exact) mass is 326 g/mol. The summed E-state index contributed by atoms with van der Waals surface area (Å²) >= 11 is 0. The van der Waals surface area contributed by atoms with Crippen LogP contribution in [0.5, 0.6) is 0 Å². The second-order valence-electron chi connectivity index (χ2n) is 7.03. The van der Waals surface area contributed by atoms with E-state index in [9.17, 15) is 0 Å². The van der Waals surface area contributed by atoms with Gasteiger partial charge in [-0.2, -0.15) is 4.98 Å². The molecular formula is C19H26N4O. The van der Waals surface area contributed by atoms with Gasteiger partial charge in [-0.1, -0.05) is 29.4 Å². The van der Waals surface area contributed by atoms with Crippen LogP contribution in [0.15, 0.2) is 28.8 Å². The second kappa shape index (κ2) is 6.65. The van der Waals surface area contributed by atoms with E-state index in [0.29, 0.717) is 11.9 Å². The maximum atomic E-state index is 5.35. The van der Waals surface area contributed by atoms with Crippen LogP contribution in [0, 0.1) is 6.92 Å². The van der Waals surface area contributed by atoms with Crippen molar-refractivity contribution in [1.29, 1.82) is 0 Å². The third kappa shape index (κ3) is 2.98. The lowest BCUT2D eigenvalue weighted by Gasteiger charge is -2.42. The molecule has 1 saturated heterocycles. The van der Waals surface area contributed by atoms with Gasteiger partial charge in [-0.05, 0) is 44.2 Å². The van der Waals surface area contributed by atoms with Crippen LogP contribution in [-0.2, 0) is 6.42 Å². The van der Waals surface area contributed by atoms with Gasteiger partial charge in [-0.15, -0.1) is 0 Å². The highest BCUT2D eigenvalue weighted by Gasteiger charge is 2.31. The summed E-state index contributed by atoms with van der Waals surface area (Å²) in [5.41, 5.74) is 3.10. The van der Waals surface area contributed by atoms with E-state index in [1.807, 2.05) is 6.92 Å². The smallest absolute Gasteiger partial charge is 0.243 e. The van der Waals surface area contributed by atoms with Crippen LogP contribution in [-0.4, -0.2) is 46.1 Å². The van der Waals surface area contributed by atoms with Gasteiger partial charge in [0.05, 0.1) is 6.04 Å². The minimum atomic E-state index is 0.201. The number of hydrogen-bond acceptors (Lipinski definition) is 5. The predicted octanol–water partition coefficient (Wildman–Crippen LogP) is 3.13. The minimum Gasteiger partial charge on any atom is -0.338 e. The Labute approximate surface area is 143 Å². The summed E-state index contributed by atoms with van der Waals surface area (Å²) in [7, 11) is 0. The first-order valence-electron chi connectivity index (χ1n) is 9.08. The molecule has 128 valence electrons. The van der Waals surface area contributed by atoms with Crippen LogP contribution in [0.3, 0.4) is 0 Å². The zero-order valence-corrected chi connectivity index (χ0v) is 14.6. The van der Waals surface area contributed by atoms with Gasteiger partial charge in [-0.25, -0.2) is 0 Å². The van der Waals surface area contributed by atoms with Crippen LogP contribution < -0.4 is 0 Å². The van der Waals surface area contributed by atoms with Crippen molar-refractivity contribution in [3.63, 3.8) is 0 Å². The summed E-state index contributed by atoms with van der Waals surface area (Å²) in [6.07, 6.45) is 3.83. The van der Waals surface area contributed by atoms with E-state index in [1.165, 1.54) is 19.3 Å². The van der Waals surface area contributed by atoms with Gasteiger partial charge in [-0.3, -0.25) is 9.80 Å². The molecule has 5 heteroatoms. The van der Waals surface area contributed by atoms with Crippen LogP contribution in [0.25, 0.3) is 0 Å². The molecule has 2 aromatic rings. The highest BCUT2D eigenvalue weighted by molar-refractivity contribution is 5.32. The van der Waals surface area contributed by atoms with Crippen molar-refractivity contribution in [3.05, 3.63) is 47.1 Å². The number of benzene rings is 1. The van der Waals surface area contributed by atoms with Gasteiger partial charge in [0.1, 0.15) is 0 Å². The summed E-state index contributed by atoms with van der Waals surface area (Å²) in [6.45, 7) is 8.37. The number of aromatic nitrogens is 2. The average molecular weight is 326 g/mol. The van der Waals surface area contributed by atoms with E-state index in [-0.39, 0.29) is 6.04 Å². The molecule has 1 aliphatic heterocycles. The maximum Gasteiger partial charge on any atom is 0.243 e. The summed E-state index contributed by atoms with van der Waals surface area (Å²) in [5, 5.41) is 3.92. The first kappa shape index (κ1) is 15.8. The molecule has 1 aromatic heterocycles. The minimum absolute atomic E-state index is 0.201. The molecule has 1 aromatic carbocycles. The van der Waals surface area contributed by atoms with Crippen LogP contribution in [0.2, 0.25) is 0 Å². The SMILES string of the molecule is Cc1noc([C@H](C)N2CCN([C@H]3CCCc4ccccc43)CC2)n1. The lowest BCUT2D eigenvalue weighted by Crippen LogP contribution is -2.48. The van der Waals surface area contributed by atoms with Gasteiger partial charge >= 0.3 is 0 Å². The van der Waals surface area contributed by atoms with Crippen LogP contribution >= 0.6 is 0 Å². The molecule has 0 spiro atoms. The lowest BCUT2D eigenvalue weighted by molar-refractivity contribution is 0.0581. The van der Waals surface area contributed by atoms with Gasteiger partial charge in [0.2, 0.25) is 5.89 Å². The largest absolute Gasteiger partial charge is 0.338 e. The second-order valence-corrected chi connectivity index (χ2v) is 7.03. The maximum absolute atomic E-state index is 5.35. The Morgan fingerprint density at radius 3 is 2.71 bits per heavy atom. The summed E-state index contributed by atoms with van der Waals surface area (Å²) in [5.74, 6) is 1.46. The number of hydrogen-bond donors (Lipinski definition) is 0. The molecule has 0 radical (unpaired) electrons. The Bertz CT molecular complexity index is 690. The van der Waals surface area contributed by atoms with Gasteiger partial charge in [0, 0.05) is 32.2 Å². The number of piperazine rings is 1. The number of aryl methyl sites for hydroxylation is 2. The van der Waals surface area contributed by atoms with Crippen LogP contribution in [0.1, 0.15) is 54.7 Å². The molecular weight excluding hydrogens is 300 g/mol. The highest BCUT2D eigenvalue weighted by Crippen LogP contribution is 2.35. The fourth-order valence-electron chi connectivity index (χ4n) is 4.18. The van der Waals surface area contributed by atoms with Gasteiger partial charge in [0.25, 0.3) is 0 Å². The van der Waals surface area contributed by atoms with E-state index in [4.69, 9.17) is 4.52 Å². The van der Waals surface area contributed by atoms with Gasteiger partial charge in [0.15, 0.2) is 5.82 Å². The van der Waals surface area contributed by atoms with E-state index >= 15 is 0 Å². The normalized spacial score (nSPS) is 23.8. The number of fused-ring (bicyclic) bond motifs is 1. The number of rotatable bonds is 3. The van der Waals surface area contributed by atoms with Crippen LogP contribution in [0.4, 0.5) is 0 Å². The van der Waals surface area contributed by atoms with Crippen molar-refractivity contribution in [2.45, 2.75) is 45.2 Å². The molecule has 24 heavy (non-hydrogen) atoms. The Kier molecular flexibility index (Phi) is 4.37. The molecule has 0 amide bonds. The topological polar surface area (TPSA) is 45.4 Å². The number of nitrogens with zero attached hydrogens (tertiary/aromatic N) is 4. The Morgan fingerprint density at radius 2 is 1.96 bits per heavy atom. The third-order valence-electron chi connectivity index (χ3n) is 5.58. The van der Waals surface area contributed by atoms with E-state index in [2.05, 4.69) is 51.1 Å². The Hall–Kier alpha value is -1.72. The first-order valence-corrected chi connectivity index (χ1v) is 9.08. The van der Waals surface area contributed by atoms with Crippen molar-refractivity contribution < 1.29 is 4.52 Å². The Balaban J connectivity index is 1.42. The lowest BCUT2D eigenvalue weighted by atomic mass is 9.86. The molecule has 0 saturated carbocycles. The summed E-state index contributed by atoms with van der Waals surface area (Å²) < 4.78 is 5.35. The van der Waals surface area contributed by atoms with Crippen molar-refractivity contribution in [3.8, 4) is 0 Å².